The molecule has 0 unspecified atom stereocenters. The van der Waals surface area contributed by atoms with Crippen molar-refractivity contribution in [3.8, 4) is 0 Å². The van der Waals surface area contributed by atoms with E-state index >= 15 is 0 Å². The molecule has 0 aliphatic rings. The normalized spacial score (nSPS) is 10.5. The Bertz CT molecular complexity index is 365. The first kappa shape index (κ1) is 8.87. The fourth-order valence-corrected chi connectivity index (χ4v) is 2.56. The number of nitrogens with two attached hydrogens (primary N) is 1. The van der Waals surface area contributed by atoms with Gasteiger partial charge in [-0.05, 0) is 17.0 Å². The third kappa shape index (κ3) is 2.15. The fraction of sp³-hybridized carbons (Fsp3) is 0.222. The summed E-state index contributed by atoms with van der Waals surface area (Å²) in [5.74, 6) is 0. The molecule has 0 atom stereocenters. The summed E-state index contributed by atoms with van der Waals surface area (Å²) in [7, 11) is 0. The lowest BCUT2D eigenvalue weighted by Crippen LogP contribution is -1.92. The maximum atomic E-state index is 5.53. The van der Waals surface area contributed by atoms with Crippen LogP contribution in [0, 0.1) is 0 Å². The number of nitrogens with zero attached hydrogens (tertiary/aromatic N) is 1. The van der Waals surface area contributed by atoms with Gasteiger partial charge < -0.3 is 5.73 Å². The van der Waals surface area contributed by atoms with Gasteiger partial charge in [-0.15, -0.1) is 22.7 Å². The van der Waals surface area contributed by atoms with Crippen molar-refractivity contribution < 1.29 is 0 Å². The predicted octanol–water partition coefficient (Wildman–Crippen LogP) is 2.25. The van der Waals surface area contributed by atoms with Crippen LogP contribution in [0.1, 0.15) is 15.4 Å². The maximum Gasteiger partial charge on any atom is 0.0969 e. The minimum Gasteiger partial charge on any atom is -0.326 e. The Hall–Kier alpha value is -0.710. The van der Waals surface area contributed by atoms with E-state index in [-0.39, 0.29) is 0 Å². The van der Waals surface area contributed by atoms with Gasteiger partial charge in [-0.1, -0.05) is 0 Å². The molecule has 0 fully saturated rings. The number of aromatic nitrogens is 1. The van der Waals surface area contributed by atoms with Crippen LogP contribution in [0.3, 0.4) is 0 Å². The molecule has 0 aliphatic heterocycles. The van der Waals surface area contributed by atoms with Crippen molar-refractivity contribution in [2.75, 3.05) is 0 Å². The summed E-state index contributed by atoms with van der Waals surface area (Å²) < 4.78 is 0. The van der Waals surface area contributed by atoms with Crippen molar-refractivity contribution in [1.29, 1.82) is 0 Å². The van der Waals surface area contributed by atoms with Gasteiger partial charge in [0.25, 0.3) is 0 Å². The number of hydrogen-bond acceptors (Lipinski definition) is 4. The molecule has 0 spiro atoms. The Morgan fingerprint density at radius 2 is 2.31 bits per heavy atom. The van der Waals surface area contributed by atoms with Crippen molar-refractivity contribution >= 4 is 22.7 Å². The number of thiophene rings is 1. The summed E-state index contributed by atoms with van der Waals surface area (Å²) in [6.07, 6.45) is 2.78. The third-order valence-corrected chi connectivity index (χ3v) is 3.54. The summed E-state index contributed by atoms with van der Waals surface area (Å²) in [6, 6.07) is 2.16. The van der Waals surface area contributed by atoms with Gasteiger partial charge in [0, 0.05) is 29.4 Å². The summed E-state index contributed by atoms with van der Waals surface area (Å²) in [5, 5.41) is 5.33. The first-order chi connectivity index (χ1) is 6.38. The molecule has 2 N–H and O–H groups in total. The molecule has 0 amide bonds. The second-order valence-corrected chi connectivity index (χ2v) is 4.70. The zero-order chi connectivity index (χ0) is 9.10. The SMILES string of the molecule is NCc1cc(Cc2nccs2)cs1. The quantitative estimate of drug-likeness (QED) is 0.844. The lowest BCUT2D eigenvalue weighted by atomic mass is 10.2. The minimum absolute atomic E-state index is 0.641. The van der Waals surface area contributed by atoms with E-state index in [2.05, 4.69) is 16.4 Å². The van der Waals surface area contributed by atoms with Gasteiger partial charge in [0.1, 0.15) is 0 Å². The van der Waals surface area contributed by atoms with Gasteiger partial charge in [-0.3, -0.25) is 0 Å². The Morgan fingerprint density at radius 3 is 2.92 bits per heavy atom. The van der Waals surface area contributed by atoms with Crippen LogP contribution < -0.4 is 5.73 Å². The van der Waals surface area contributed by atoms with Gasteiger partial charge in [-0.25, -0.2) is 4.98 Å². The molecule has 2 nitrogen and oxygen atoms in total. The van der Waals surface area contributed by atoms with Crippen molar-refractivity contribution in [1.82, 2.24) is 4.98 Å². The maximum absolute atomic E-state index is 5.53. The molecule has 2 rings (SSSR count). The van der Waals surface area contributed by atoms with E-state index in [1.54, 1.807) is 22.7 Å². The van der Waals surface area contributed by atoms with Crippen molar-refractivity contribution in [2.24, 2.45) is 5.73 Å². The molecule has 2 heterocycles. The van der Waals surface area contributed by atoms with Crippen molar-refractivity contribution in [3.05, 3.63) is 38.5 Å². The largest absolute Gasteiger partial charge is 0.326 e. The van der Waals surface area contributed by atoms with E-state index in [4.69, 9.17) is 5.73 Å². The Morgan fingerprint density at radius 1 is 1.38 bits per heavy atom. The number of hydrogen-bond donors (Lipinski definition) is 1. The van der Waals surface area contributed by atoms with Crippen LogP contribution in [0.15, 0.2) is 23.0 Å². The van der Waals surface area contributed by atoms with Crippen LogP contribution in [0.5, 0.6) is 0 Å². The third-order valence-electron chi connectivity index (χ3n) is 1.75. The highest BCUT2D eigenvalue weighted by molar-refractivity contribution is 7.10. The lowest BCUT2D eigenvalue weighted by Gasteiger charge is -1.90. The topological polar surface area (TPSA) is 38.9 Å². The molecule has 0 radical (unpaired) electrons. The highest BCUT2D eigenvalue weighted by Gasteiger charge is 2.01. The van der Waals surface area contributed by atoms with Crippen molar-refractivity contribution in [3.63, 3.8) is 0 Å². The molecule has 0 saturated carbocycles. The van der Waals surface area contributed by atoms with Gasteiger partial charge in [-0.2, -0.15) is 0 Å². The first-order valence-electron chi connectivity index (χ1n) is 4.03. The summed E-state index contributed by atoms with van der Waals surface area (Å²) >= 11 is 3.42. The summed E-state index contributed by atoms with van der Waals surface area (Å²) in [4.78, 5) is 5.48. The van der Waals surface area contributed by atoms with E-state index < -0.39 is 0 Å². The zero-order valence-electron chi connectivity index (χ0n) is 7.06. The van der Waals surface area contributed by atoms with Crippen LogP contribution in [0.25, 0.3) is 0 Å². The molecule has 0 saturated heterocycles. The Labute approximate surface area is 85.1 Å². The van der Waals surface area contributed by atoms with Gasteiger partial charge in [0.15, 0.2) is 0 Å². The van der Waals surface area contributed by atoms with E-state index in [0.717, 1.165) is 6.42 Å². The second kappa shape index (κ2) is 4.00. The van der Waals surface area contributed by atoms with Crippen LogP contribution >= 0.6 is 22.7 Å². The fourth-order valence-electron chi connectivity index (χ4n) is 1.14. The van der Waals surface area contributed by atoms with Gasteiger partial charge >= 0.3 is 0 Å². The molecule has 0 aromatic carbocycles. The summed E-state index contributed by atoms with van der Waals surface area (Å²) in [5.41, 5.74) is 6.85. The molecule has 0 bridgehead atoms. The molecule has 2 aromatic rings. The smallest absolute Gasteiger partial charge is 0.0969 e. The van der Waals surface area contributed by atoms with E-state index in [9.17, 15) is 0 Å². The second-order valence-electron chi connectivity index (χ2n) is 2.73. The average molecular weight is 210 g/mol. The van der Waals surface area contributed by atoms with E-state index in [1.807, 2.05) is 11.6 Å². The first-order valence-corrected chi connectivity index (χ1v) is 5.79. The van der Waals surface area contributed by atoms with Gasteiger partial charge in [0.05, 0.1) is 5.01 Å². The molecule has 13 heavy (non-hydrogen) atoms. The van der Waals surface area contributed by atoms with Crippen LogP contribution in [0.4, 0.5) is 0 Å². The van der Waals surface area contributed by atoms with E-state index in [1.165, 1.54) is 15.4 Å². The molecular weight excluding hydrogens is 200 g/mol. The zero-order valence-corrected chi connectivity index (χ0v) is 8.70. The average Bonchev–Trinajstić information content (AvgIpc) is 2.76. The minimum atomic E-state index is 0.641. The number of thiazole rings is 1. The Kier molecular flexibility index (Phi) is 2.73. The molecule has 4 heteroatoms. The van der Waals surface area contributed by atoms with Gasteiger partial charge in [0.2, 0.25) is 0 Å². The monoisotopic (exact) mass is 210 g/mol. The lowest BCUT2D eigenvalue weighted by molar-refractivity contribution is 1.09. The molecule has 2 aromatic heterocycles. The predicted molar refractivity (Wildman–Crippen MR) is 57.1 cm³/mol. The highest BCUT2D eigenvalue weighted by atomic mass is 32.1. The van der Waals surface area contributed by atoms with Crippen molar-refractivity contribution in [2.45, 2.75) is 13.0 Å². The number of rotatable bonds is 3. The van der Waals surface area contributed by atoms with Crippen LogP contribution in [-0.4, -0.2) is 4.98 Å². The Balaban J connectivity index is 2.10. The molecule has 0 aliphatic carbocycles. The van der Waals surface area contributed by atoms with E-state index in [0.29, 0.717) is 6.54 Å². The molecular formula is C9H10N2S2. The van der Waals surface area contributed by atoms with Crippen LogP contribution in [0.2, 0.25) is 0 Å². The summed E-state index contributed by atoms with van der Waals surface area (Å²) in [6.45, 7) is 0.641. The van der Waals surface area contributed by atoms with Crippen LogP contribution in [-0.2, 0) is 13.0 Å². The highest BCUT2D eigenvalue weighted by Crippen LogP contribution is 2.18. The molecule has 68 valence electrons. The standard InChI is InChI=1S/C9H10N2S2/c10-5-8-3-7(6-13-8)4-9-11-1-2-12-9/h1-3,6H,4-5,10H2.